The molecular weight excluding hydrogens is 188 g/mol. The minimum Gasteiger partial charge on any atom is -0.392 e. The van der Waals surface area contributed by atoms with Crippen LogP contribution in [-0.4, -0.2) is 61.3 Å². The summed E-state index contributed by atoms with van der Waals surface area (Å²) in [5, 5.41) is 8.86. The minimum absolute atomic E-state index is 0. The zero-order chi connectivity index (χ0) is 10.6. The first kappa shape index (κ1) is 14.9. The lowest BCUT2D eigenvalue weighted by molar-refractivity contribution is 0.183. The van der Waals surface area contributed by atoms with Crippen molar-refractivity contribution in [2.45, 2.75) is 33.3 Å². The molecule has 0 radical (unpaired) electrons. The van der Waals surface area contributed by atoms with Gasteiger partial charge in [-0.2, -0.15) is 0 Å². The van der Waals surface area contributed by atoms with Crippen LogP contribution in [0.1, 0.15) is 27.2 Å². The van der Waals surface area contributed by atoms with E-state index in [0.717, 1.165) is 25.4 Å². The van der Waals surface area contributed by atoms with Crippen molar-refractivity contribution in [1.82, 2.24) is 9.80 Å². The topological polar surface area (TPSA) is 26.7 Å². The maximum atomic E-state index is 8.86. The molecule has 0 amide bonds. The predicted octanol–water partition coefficient (Wildman–Crippen LogP) is 1.28. The summed E-state index contributed by atoms with van der Waals surface area (Å²) in [6.07, 6.45) is 2.30. The Bertz CT molecular complexity index is 130. The zero-order valence-corrected chi connectivity index (χ0v) is 9.74. The van der Waals surface area contributed by atoms with Gasteiger partial charge in [-0.05, 0) is 39.4 Å². The monoisotopic (exact) mass is 216 g/mol. The fourth-order valence-corrected chi connectivity index (χ4v) is 2.07. The quantitative estimate of drug-likeness (QED) is 0.661. The number of hydrogen-bond donors (Lipinski definition) is 1. The summed E-state index contributed by atoms with van der Waals surface area (Å²) in [4.78, 5) is 4.51. The van der Waals surface area contributed by atoms with E-state index >= 15 is 0 Å². The van der Waals surface area contributed by atoms with Crippen molar-refractivity contribution >= 4 is 0 Å². The summed E-state index contributed by atoms with van der Waals surface area (Å²) < 4.78 is 0. The molecule has 2 atom stereocenters. The summed E-state index contributed by atoms with van der Waals surface area (Å²) in [6.45, 7) is 6.84. The van der Waals surface area contributed by atoms with Crippen LogP contribution in [0.15, 0.2) is 0 Å². The minimum atomic E-state index is -0.0509. The normalized spacial score (nSPS) is 32.0. The van der Waals surface area contributed by atoms with Gasteiger partial charge in [0.05, 0.1) is 6.10 Å². The molecule has 0 bridgehead atoms. The number of nitrogens with zero attached hydrogens (tertiary/aromatic N) is 2. The van der Waals surface area contributed by atoms with Gasteiger partial charge in [0.15, 0.2) is 0 Å². The Hall–Kier alpha value is -0.120. The number of rotatable bonds is 0. The molecule has 0 spiro atoms. The van der Waals surface area contributed by atoms with Crippen LogP contribution in [0.5, 0.6) is 0 Å². The van der Waals surface area contributed by atoms with Gasteiger partial charge in [0.1, 0.15) is 0 Å². The average Bonchev–Trinajstić information content (AvgIpc) is 2.63. The lowest BCUT2D eigenvalue weighted by Gasteiger charge is -2.03. The number of aliphatic hydroxyl groups excluding tert-OH is 1. The number of likely N-dealkylation sites (N-methyl/N-ethyl adjacent to an activating group) is 1. The highest BCUT2D eigenvalue weighted by Gasteiger charge is 2.15. The van der Waals surface area contributed by atoms with Gasteiger partial charge in [0.25, 0.3) is 0 Å². The van der Waals surface area contributed by atoms with Crippen LogP contribution in [0.2, 0.25) is 0 Å². The van der Waals surface area contributed by atoms with Crippen molar-refractivity contribution in [3.8, 4) is 0 Å². The number of aliphatic hydroxyl groups is 1. The molecule has 2 aliphatic rings. The molecule has 2 heterocycles. The van der Waals surface area contributed by atoms with Gasteiger partial charge in [-0.1, -0.05) is 14.4 Å². The van der Waals surface area contributed by atoms with Gasteiger partial charge >= 0.3 is 0 Å². The van der Waals surface area contributed by atoms with Crippen LogP contribution in [-0.2, 0) is 0 Å². The summed E-state index contributed by atoms with van der Waals surface area (Å²) in [5.74, 6) is 0.949. The third kappa shape index (κ3) is 6.13. The van der Waals surface area contributed by atoms with E-state index in [1.807, 2.05) is 7.05 Å². The van der Waals surface area contributed by atoms with E-state index in [1.165, 1.54) is 19.5 Å². The molecule has 92 valence electrons. The number of hydrogen-bond acceptors (Lipinski definition) is 3. The summed E-state index contributed by atoms with van der Waals surface area (Å²) >= 11 is 0. The molecule has 1 N–H and O–H groups in total. The molecule has 3 heteroatoms. The highest BCUT2D eigenvalue weighted by atomic mass is 16.3. The largest absolute Gasteiger partial charge is 0.392 e. The Labute approximate surface area is 95.1 Å². The predicted molar refractivity (Wildman–Crippen MR) is 66.1 cm³/mol. The van der Waals surface area contributed by atoms with Gasteiger partial charge < -0.3 is 14.9 Å². The fourth-order valence-electron chi connectivity index (χ4n) is 2.07. The fraction of sp³-hybridized carbons (Fsp3) is 1.00. The van der Waals surface area contributed by atoms with E-state index in [2.05, 4.69) is 23.8 Å². The highest BCUT2D eigenvalue weighted by Crippen LogP contribution is 2.11. The van der Waals surface area contributed by atoms with E-state index in [1.54, 1.807) is 0 Å². The molecule has 2 saturated heterocycles. The van der Waals surface area contributed by atoms with E-state index < -0.39 is 0 Å². The van der Waals surface area contributed by atoms with E-state index in [0.29, 0.717) is 0 Å². The van der Waals surface area contributed by atoms with Crippen LogP contribution in [0.25, 0.3) is 0 Å². The van der Waals surface area contributed by atoms with Crippen LogP contribution in [0.4, 0.5) is 0 Å². The standard InChI is InChI=1S/C6H13N.C5H11NO.CH4/c1-6-3-4-7(2)5-6;1-6-3-2-5(7)4-6;/h6H,3-5H2,1-2H3;5,7H,2-4H2,1H3;1H4/t6-;5-;/m11./s1. The second-order valence-corrected chi connectivity index (χ2v) is 4.86. The molecule has 0 aromatic carbocycles. The van der Waals surface area contributed by atoms with Gasteiger partial charge in [-0.25, -0.2) is 0 Å². The van der Waals surface area contributed by atoms with Crippen molar-refractivity contribution in [2.24, 2.45) is 5.92 Å². The van der Waals surface area contributed by atoms with Crippen LogP contribution in [0.3, 0.4) is 0 Å². The molecule has 2 aliphatic heterocycles. The van der Waals surface area contributed by atoms with Crippen LogP contribution < -0.4 is 0 Å². The lowest BCUT2D eigenvalue weighted by atomic mass is 10.2. The molecule has 0 aromatic heterocycles. The van der Waals surface area contributed by atoms with Gasteiger partial charge in [-0.15, -0.1) is 0 Å². The van der Waals surface area contributed by atoms with Crippen LogP contribution >= 0.6 is 0 Å². The van der Waals surface area contributed by atoms with Crippen molar-refractivity contribution in [3.05, 3.63) is 0 Å². The molecule has 0 aliphatic carbocycles. The Morgan fingerprint density at radius 2 is 1.53 bits per heavy atom. The summed E-state index contributed by atoms with van der Waals surface area (Å²) in [7, 11) is 4.21. The first-order valence-corrected chi connectivity index (χ1v) is 5.63. The first-order valence-electron chi connectivity index (χ1n) is 5.63. The average molecular weight is 216 g/mol. The summed E-state index contributed by atoms with van der Waals surface area (Å²) in [6, 6.07) is 0. The lowest BCUT2D eigenvalue weighted by Crippen LogP contribution is -2.15. The molecule has 3 nitrogen and oxygen atoms in total. The van der Waals surface area contributed by atoms with Crippen molar-refractivity contribution in [3.63, 3.8) is 0 Å². The van der Waals surface area contributed by atoms with Crippen molar-refractivity contribution in [2.75, 3.05) is 40.3 Å². The highest BCUT2D eigenvalue weighted by molar-refractivity contribution is 4.70. The molecule has 2 fully saturated rings. The first-order chi connectivity index (χ1) is 6.58. The third-order valence-electron chi connectivity index (χ3n) is 2.99. The molecule has 0 saturated carbocycles. The van der Waals surface area contributed by atoms with E-state index in [-0.39, 0.29) is 13.5 Å². The van der Waals surface area contributed by atoms with Gasteiger partial charge in [0.2, 0.25) is 0 Å². The number of likely N-dealkylation sites (tertiary alicyclic amines) is 2. The SMILES string of the molecule is C.CN1CC[C@@H](O)C1.C[C@@H]1CCN(C)C1. The molecule has 0 aromatic rings. The zero-order valence-electron chi connectivity index (χ0n) is 9.74. The Morgan fingerprint density at radius 1 is 1.00 bits per heavy atom. The third-order valence-corrected chi connectivity index (χ3v) is 2.99. The Kier molecular flexibility index (Phi) is 7.14. The van der Waals surface area contributed by atoms with Crippen LogP contribution in [0, 0.1) is 5.92 Å². The molecule has 0 unspecified atom stereocenters. The molecular formula is C12H28N2O. The summed E-state index contributed by atoms with van der Waals surface area (Å²) in [5.41, 5.74) is 0. The Balaban J connectivity index is 0.000000245. The van der Waals surface area contributed by atoms with Gasteiger partial charge in [-0.3, -0.25) is 0 Å². The smallest absolute Gasteiger partial charge is 0.0679 e. The van der Waals surface area contributed by atoms with E-state index in [9.17, 15) is 0 Å². The van der Waals surface area contributed by atoms with Crippen molar-refractivity contribution < 1.29 is 5.11 Å². The Morgan fingerprint density at radius 3 is 1.67 bits per heavy atom. The van der Waals surface area contributed by atoms with Gasteiger partial charge in [0, 0.05) is 19.6 Å². The second-order valence-electron chi connectivity index (χ2n) is 4.86. The maximum absolute atomic E-state index is 8.86. The maximum Gasteiger partial charge on any atom is 0.0679 e. The molecule has 2 rings (SSSR count). The van der Waals surface area contributed by atoms with Crippen molar-refractivity contribution in [1.29, 1.82) is 0 Å². The molecule has 15 heavy (non-hydrogen) atoms. The number of β-amino-alcohol motifs (C(OH)–C–C–N with tert-alkyl or cyclic N) is 1. The second kappa shape index (κ2) is 7.20. The van der Waals surface area contributed by atoms with E-state index in [4.69, 9.17) is 5.11 Å².